The molecule has 1 heterocycles. The molecule has 2 rings (SSSR count). The Hall–Kier alpha value is -2.63. The molecule has 0 fully saturated rings. The van der Waals surface area contributed by atoms with Gasteiger partial charge in [-0.2, -0.15) is 13.2 Å². The van der Waals surface area contributed by atoms with E-state index in [0.717, 1.165) is 18.2 Å². The van der Waals surface area contributed by atoms with E-state index in [1.165, 1.54) is 31.5 Å². The van der Waals surface area contributed by atoms with Crippen LogP contribution in [0.15, 0.2) is 48.7 Å². The highest BCUT2D eigenvalue weighted by molar-refractivity contribution is 6.07. The van der Waals surface area contributed by atoms with E-state index < -0.39 is 23.1 Å². The molecular weight excluding hydrogens is 295 g/mol. The third-order valence-corrected chi connectivity index (χ3v) is 2.91. The summed E-state index contributed by atoms with van der Waals surface area (Å²) in [5, 5.41) is 0. The number of halogens is 3. The Bertz CT molecular complexity index is 709. The number of methoxy groups -OCH3 is 1. The molecule has 0 saturated heterocycles. The summed E-state index contributed by atoms with van der Waals surface area (Å²) in [6.07, 6.45) is -0.705. The molecule has 6 heteroatoms. The topological polar surface area (TPSA) is 39.2 Å². The van der Waals surface area contributed by atoms with E-state index in [1.54, 1.807) is 12.1 Å². The number of hydrogen-bond acceptors (Lipinski definition) is 3. The van der Waals surface area contributed by atoms with Crippen molar-refractivity contribution in [3.63, 3.8) is 0 Å². The van der Waals surface area contributed by atoms with Gasteiger partial charge in [-0.15, -0.1) is 0 Å². The van der Waals surface area contributed by atoms with E-state index >= 15 is 0 Å². The molecule has 0 radical (unpaired) electrons. The molecule has 0 aliphatic heterocycles. The van der Waals surface area contributed by atoms with Gasteiger partial charge < -0.3 is 4.74 Å². The average Bonchev–Trinajstić information content (AvgIpc) is 2.52. The van der Waals surface area contributed by atoms with Gasteiger partial charge in [-0.05, 0) is 30.4 Å². The van der Waals surface area contributed by atoms with Crippen molar-refractivity contribution >= 4 is 11.9 Å². The Balaban J connectivity index is 2.32. The maximum Gasteiger partial charge on any atom is 0.417 e. The van der Waals surface area contributed by atoms with Crippen LogP contribution < -0.4 is 4.74 Å². The SMILES string of the molecule is COc1cccnc1C=CC(=O)c1ccccc1C(F)(F)F. The molecule has 22 heavy (non-hydrogen) atoms. The van der Waals surface area contributed by atoms with E-state index in [9.17, 15) is 18.0 Å². The summed E-state index contributed by atoms with van der Waals surface area (Å²) in [6.45, 7) is 0. The third kappa shape index (κ3) is 3.52. The summed E-state index contributed by atoms with van der Waals surface area (Å²) in [5.74, 6) is -0.323. The summed E-state index contributed by atoms with van der Waals surface area (Å²) in [5.41, 5.74) is -0.998. The second kappa shape index (κ2) is 6.43. The fourth-order valence-corrected chi connectivity index (χ4v) is 1.89. The van der Waals surface area contributed by atoms with Crippen LogP contribution in [0.3, 0.4) is 0 Å². The second-order valence-corrected chi connectivity index (χ2v) is 4.33. The first-order valence-electron chi connectivity index (χ1n) is 6.31. The fraction of sp³-hybridized carbons (Fsp3) is 0.125. The van der Waals surface area contributed by atoms with E-state index in [-0.39, 0.29) is 0 Å². The molecular formula is C16H12F3NO2. The number of rotatable bonds is 4. The maximum atomic E-state index is 12.9. The number of carbonyl (C=O) groups excluding carboxylic acids is 1. The maximum absolute atomic E-state index is 12.9. The molecule has 0 amide bonds. The number of ether oxygens (including phenoxy) is 1. The van der Waals surface area contributed by atoms with Gasteiger partial charge in [-0.25, -0.2) is 0 Å². The number of hydrogen-bond donors (Lipinski definition) is 0. The highest BCUT2D eigenvalue weighted by atomic mass is 19.4. The van der Waals surface area contributed by atoms with Crippen LogP contribution >= 0.6 is 0 Å². The second-order valence-electron chi connectivity index (χ2n) is 4.33. The fourth-order valence-electron chi connectivity index (χ4n) is 1.89. The lowest BCUT2D eigenvalue weighted by atomic mass is 10.0. The van der Waals surface area contributed by atoms with Gasteiger partial charge >= 0.3 is 6.18 Å². The number of nitrogens with zero attached hydrogens (tertiary/aromatic N) is 1. The Kier molecular flexibility index (Phi) is 4.60. The van der Waals surface area contributed by atoms with Gasteiger partial charge in [-0.3, -0.25) is 9.78 Å². The third-order valence-electron chi connectivity index (χ3n) is 2.91. The van der Waals surface area contributed by atoms with Gasteiger partial charge in [-0.1, -0.05) is 18.2 Å². The highest BCUT2D eigenvalue weighted by Gasteiger charge is 2.34. The predicted octanol–water partition coefficient (Wildman–Crippen LogP) is 4.01. The molecule has 0 N–H and O–H groups in total. The smallest absolute Gasteiger partial charge is 0.417 e. The number of allylic oxidation sites excluding steroid dienone is 1. The molecule has 0 aliphatic rings. The van der Waals surface area contributed by atoms with Crippen LogP contribution in [0.1, 0.15) is 21.6 Å². The Morgan fingerprint density at radius 2 is 1.91 bits per heavy atom. The number of aromatic nitrogens is 1. The van der Waals surface area contributed by atoms with Crippen molar-refractivity contribution in [2.75, 3.05) is 7.11 Å². The summed E-state index contributed by atoms with van der Waals surface area (Å²) in [7, 11) is 1.44. The van der Waals surface area contributed by atoms with Gasteiger partial charge in [0, 0.05) is 11.8 Å². The minimum absolute atomic E-state index is 0.364. The number of alkyl halides is 3. The van der Waals surface area contributed by atoms with E-state index in [0.29, 0.717) is 11.4 Å². The quantitative estimate of drug-likeness (QED) is 0.633. The largest absolute Gasteiger partial charge is 0.494 e. The average molecular weight is 307 g/mol. The molecule has 0 unspecified atom stereocenters. The highest BCUT2D eigenvalue weighted by Crippen LogP contribution is 2.32. The first-order chi connectivity index (χ1) is 10.4. The van der Waals surface area contributed by atoms with Crippen LogP contribution in [0, 0.1) is 0 Å². The molecule has 3 nitrogen and oxygen atoms in total. The molecule has 114 valence electrons. The molecule has 0 spiro atoms. The molecule has 1 aromatic carbocycles. The first kappa shape index (κ1) is 15.8. The van der Waals surface area contributed by atoms with Crippen molar-refractivity contribution in [1.29, 1.82) is 0 Å². The van der Waals surface area contributed by atoms with E-state index in [2.05, 4.69) is 4.98 Å². The lowest BCUT2D eigenvalue weighted by molar-refractivity contribution is -0.137. The Morgan fingerprint density at radius 1 is 1.18 bits per heavy atom. The van der Waals surface area contributed by atoms with Crippen molar-refractivity contribution < 1.29 is 22.7 Å². The summed E-state index contributed by atoms with van der Waals surface area (Å²) in [4.78, 5) is 16.0. The minimum Gasteiger partial charge on any atom is -0.494 e. The Morgan fingerprint density at radius 3 is 2.59 bits per heavy atom. The summed E-state index contributed by atoms with van der Waals surface area (Å²) in [6, 6.07) is 7.94. The van der Waals surface area contributed by atoms with Crippen LogP contribution in [0.2, 0.25) is 0 Å². The van der Waals surface area contributed by atoms with Gasteiger partial charge in [0.2, 0.25) is 0 Å². The van der Waals surface area contributed by atoms with Crippen molar-refractivity contribution in [1.82, 2.24) is 4.98 Å². The van der Waals surface area contributed by atoms with Gasteiger partial charge in [0.15, 0.2) is 5.78 Å². The van der Waals surface area contributed by atoms with Crippen molar-refractivity contribution in [2.24, 2.45) is 0 Å². The van der Waals surface area contributed by atoms with Crippen molar-refractivity contribution in [2.45, 2.75) is 6.18 Å². The number of benzene rings is 1. The van der Waals surface area contributed by atoms with Crippen LogP contribution in [-0.4, -0.2) is 17.9 Å². The molecule has 0 bridgehead atoms. The number of carbonyl (C=O) groups is 1. The van der Waals surface area contributed by atoms with Crippen LogP contribution in [0.4, 0.5) is 13.2 Å². The standard InChI is InChI=1S/C16H12F3NO2/c1-22-15-7-4-10-20-13(15)8-9-14(21)11-5-2-3-6-12(11)16(17,18)19/h2-10H,1H3. The van der Waals surface area contributed by atoms with Gasteiger partial charge in [0.25, 0.3) is 0 Å². The van der Waals surface area contributed by atoms with Crippen LogP contribution in [0.5, 0.6) is 5.75 Å². The molecule has 2 aromatic rings. The molecule has 0 aliphatic carbocycles. The number of pyridine rings is 1. The van der Waals surface area contributed by atoms with Gasteiger partial charge in [0.1, 0.15) is 11.4 Å². The molecule has 1 aromatic heterocycles. The lowest BCUT2D eigenvalue weighted by Crippen LogP contribution is -2.11. The zero-order valence-electron chi connectivity index (χ0n) is 11.6. The molecule has 0 saturated carbocycles. The minimum atomic E-state index is -4.58. The van der Waals surface area contributed by atoms with E-state index in [1.807, 2.05) is 0 Å². The van der Waals surface area contributed by atoms with Crippen LogP contribution in [-0.2, 0) is 6.18 Å². The molecule has 0 atom stereocenters. The zero-order chi connectivity index (χ0) is 16.2. The summed E-state index contributed by atoms with van der Waals surface area (Å²) < 4.78 is 43.7. The lowest BCUT2D eigenvalue weighted by Gasteiger charge is -2.10. The number of ketones is 1. The van der Waals surface area contributed by atoms with Crippen LogP contribution in [0.25, 0.3) is 6.08 Å². The zero-order valence-corrected chi connectivity index (χ0v) is 11.6. The van der Waals surface area contributed by atoms with Crippen molar-refractivity contribution in [3.8, 4) is 5.75 Å². The van der Waals surface area contributed by atoms with Gasteiger partial charge in [0.05, 0.1) is 12.7 Å². The predicted molar refractivity (Wildman–Crippen MR) is 75.6 cm³/mol. The van der Waals surface area contributed by atoms with Crippen molar-refractivity contribution in [3.05, 3.63) is 65.5 Å². The Labute approximate surface area is 125 Å². The first-order valence-corrected chi connectivity index (χ1v) is 6.31. The normalized spacial score (nSPS) is 11.6. The monoisotopic (exact) mass is 307 g/mol. The summed E-state index contributed by atoms with van der Waals surface area (Å²) >= 11 is 0. The van der Waals surface area contributed by atoms with E-state index in [4.69, 9.17) is 4.74 Å².